The van der Waals surface area contributed by atoms with Gasteiger partial charge >= 0.3 is 5.97 Å². The average molecular weight is 251 g/mol. The molecule has 2 N–H and O–H groups in total. The summed E-state index contributed by atoms with van der Waals surface area (Å²) in [4.78, 5) is 11.6. The monoisotopic (exact) mass is 251 g/mol. The first-order valence-electron chi connectivity index (χ1n) is 6.53. The van der Waals surface area contributed by atoms with Crippen LogP contribution < -0.4 is 5.73 Å². The van der Waals surface area contributed by atoms with E-state index in [2.05, 4.69) is 5.10 Å². The molecule has 2 rings (SSSR count). The number of ether oxygens (including phenoxy) is 1. The fourth-order valence-electron chi connectivity index (χ4n) is 2.15. The molecule has 5 heteroatoms. The highest BCUT2D eigenvalue weighted by molar-refractivity contribution is 5.69. The molecule has 18 heavy (non-hydrogen) atoms. The van der Waals surface area contributed by atoms with Crippen molar-refractivity contribution in [1.82, 2.24) is 9.78 Å². The highest BCUT2D eigenvalue weighted by atomic mass is 16.5. The zero-order valence-corrected chi connectivity index (χ0v) is 11.1. The van der Waals surface area contributed by atoms with Crippen LogP contribution in [0, 0.1) is 19.8 Å². The van der Waals surface area contributed by atoms with Gasteiger partial charge in [0.1, 0.15) is 6.54 Å². The predicted octanol–water partition coefficient (Wildman–Crippen LogP) is 1.82. The molecule has 0 aromatic carbocycles. The second-order valence-electron chi connectivity index (χ2n) is 5.05. The summed E-state index contributed by atoms with van der Waals surface area (Å²) in [7, 11) is 0. The third-order valence-electron chi connectivity index (χ3n) is 3.73. The molecule has 1 heterocycles. The summed E-state index contributed by atoms with van der Waals surface area (Å²) in [5, 5.41) is 4.21. The summed E-state index contributed by atoms with van der Waals surface area (Å²) < 4.78 is 6.82. The smallest absolute Gasteiger partial charge is 0.327 e. The quantitative estimate of drug-likeness (QED) is 0.810. The Labute approximate surface area is 107 Å². The first kappa shape index (κ1) is 12.9. The van der Waals surface area contributed by atoms with Crippen LogP contribution in [0.1, 0.15) is 37.1 Å². The molecule has 1 fully saturated rings. The van der Waals surface area contributed by atoms with Crippen molar-refractivity contribution >= 4 is 11.7 Å². The molecule has 1 aliphatic rings. The SMILES string of the molecule is Cc1nn(CC(=O)OCCC2CCC2)c(C)c1N. The maximum atomic E-state index is 11.6. The summed E-state index contributed by atoms with van der Waals surface area (Å²) in [6.45, 7) is 4.37. The second kappa shape index (κ2) is 5.42. The molecule has 0 bridgehead atoms. The summed E-state index contributed by atoms with van der Waals surface area (Å²) in [6, 6.07) is 0. The highest BCUT2D eigenvalue weighted by Crippen LogP contribution is 2.29. The van der Waals surface area contributed by atoms with Crippen LogP contribution in [0.5, 0.6) is 0 Å². The van der Waals surface area contributed by atoms with E-state index in [-0.39, 0.29) is 12.5 Å². The predicted molar refractivity (Wildman–Crippen MR) is 69.0 cm³/mol. The molecular weight excluding hydrogens is 230 g/mol. The van der Waals surface area contributed by atoms with Crippen LogP contribution in [-0.2, 0) is 16.1 Å². The van der Waals surface area contributed by atoms with Gasteiger partial charge in [-0.3, -0.25) is 9.48 Å². The number of hydrogen-bond acceptors (Lipinski definition) is 4. The van der Waals surface area contributed by atoms with Gasteiger partial charge in [0, 0.05) is 0 Å². The zero-order chi connectivity index (χ0) is 13.1. The Morgan fingerprint density at radius 3 is 2.72 bits per heavy atom. The van der Waals surface area contributed by atoms with Gasteiger partial charge in [-0.1, -0.05) is 19.3 Å². The number of nitrogens with zero attached hydrogens (tertiary/aromatic N) is 2. The number of aromatic nitrogens is 2. The first-order chi connectivity index (χ1) is 8.58. The minimum Gasteiger partial charge on any atom is -0.464 e. The van der Waals surface area contributed by atoms with Crippen molar-refractivity contribution in [3.63, 3.8) is 0 Å². The van der Waals surface area contributed by atoms with Crippen molar-refractivity contribution in [3.8, 4) is 0 Å². The molecule has 0 radical (unpaired) electrons. The Bertz CT molecular complexity index is 436. The number of carbonyl (C=O) groups excluding carboxylic acids is 1. The number of rotatable bonds is 5. The number of aryl methyl sites for hydroxylation is 1. The molecule has 0 saturated heterocycles. The summed E-state index contributed by atoms with van der Waals surface area (Å²) in [5.41, 5.74) is 8.04. The Morgan fingerprint density at radius 2 is 2.22 bits per heavy atom. The highest BCUT2D eigenvalue weighted by Gasteiger charge is 2.18. The van der Waals surface area contributed by atoms with Gasteiger partial charge in [-0.25, -0.2) is 0 Å². The Hall–Kier alpha value is -1.52. The molecule has 0 unspecified atom stereocenters. The molecule has 0 atom stereocenters. The van der Waals surface area contributed by atoms with E-state index in [1.807, 2.05) is 13.8 Å². The third-order valence-corrected chi connectivity index (χ3v) is 3.73. The minimum atomic E-state index is -0.236. The molecule has 1 aliphatic carbocycles. The largest absolute Gasteiger partial charge is 0.464 e. The molecule has 0 amide bonds. The number of esters is 1. The van der Waals surface area contributed by atoms with E-state index in [1.165, 1.54) is 19.3 Å². The number of nitrogen functional groups attached to an aromatic ring is 1. The Morgan fingerprint density at radius 1 is 1.50 bits per heavy atom. The van der Waals surface area contributed by atoms with Crippen molar-refractivity contribution in [2.24, 2.45) is 5.92 Å². The van der Waals surface area contributed by atoms with Crippen LogP contribution in [0.15, 0.2) is 0 Å². The fourth-order valence-corrected chi connectivity index (χ4v) is 2.15. The molecule has 1 saturated carbocycles. The maximum absolute atomic E-state index is 11.6. The lowest BCUT2D eigenvalue weighted by atomic mass is 9.83. The number of carbonyl (C=O) groups is 1. The fraction of sp³-hybridized carbons (Fsp3) is 0.692. The summed E-state index contributed by atoms with van der Waals surface area (Å²) in [6.07, 6.45) is 4.88. The normalized spacial score (nSPS) is 15.4. The zero-order valence-electron chi connectivity index (χ0n) is 11.1. The molecular formula is C13H21N3O2. The first-order valence-corrected chi connectivity index (χ1v) is 6.53. The van der Waals surface area contributed by atoms with Crippen molar-refractivity contribution in [2.45, 2.75) is 46.1 Å². The Balaban J connectivity index is 1.77. The molecule has 0 spiro atoms. The lowest BCUT2D eigenvalue weighted by Gasteiger charge is -2.24. The number of anilines is 1. The summed E-state index contributed by atoms with van der Waals surface area (Å²) in [5.74, 6) is 0.530. The van der Waals surface area contributed by atoms with Crippen molar-refractivity contribution in [1.29, 1.82) is 0 Å². The van der Waals surface area contributed by atoms with Gasteiger partial charge in [0.05, 0.1) is 23.7 Å². The van der Waals surface area contributed by atoms with Gasteiger partial charge < -0.3 is 10.5 Å². The standard InChI is InChI=1S/C13H21N3O2/c1-9-13(14)10(2)16(15-9)8-12(17)18-7-6-11-4-3-5-11/h11H,3-8,14H2,1-2H3. The van der Waals surface area contributed by atoms with Crippen LogP contribution in [0.25, 0.3) is 0 Å². The van der Waals surface area contributed by atoms with E-state index in [0.29, 0.717) is 12.3 Å². The van der Waals surface area contributed by atoms with E-state index in [1.54, 1.807) is 4.68 Å². The van der Waals surface area contributed by atoms with Gasteiger partial charge in [0.15, 0.2) is 0 Å². The molecule has 1 aromatic rings. The molecule has 5 nitrogen and oxygen atoms in total. The molecule has 1 aromatic heterocycles. The average Bonchev–Trinajstić information content (AvgIpc) is 2.50. The Kier molecular flexibility index (Phi) is 3.89. The minimum absolute atomic E-state index is 0.147. The number of nitrogens with two attached hydrogens (primary N) is 1. The van der Waals surface area contributed by atoms with E-state index < -0.39 is 0 Å². The number of hydrogen-bond donors (Lipinski definition) is 1. The van der Waals surface area contributed by atoms with Crippen LogP contribution in [0.3, 0.4) is 0 Å². The molecule has 0 aliphatic heterocycles. The van der Waals surface area contributed by atoms with E-state index in [4.69, 9.17) is 10.5 Å². The van der Waals surface area contributed by atoms with Crippen LogP contribution in [0.2, 0.25) is 0 Å². The van der Waals surface area contributed by atoms with Gasteiger partial charge in [0.2, 0.25) is 0 Å². The van der Waals surface area contributed by atoms with Crippen molar-refractivity contribution in [2.75, 3.05) is 12.3 Å². The summed E-state index contributed by atoms with van der Waals surface area (Å²) >= 11 is 0. The van der Waals surface area contributed by atoms with E-state index >= 15 is 0 Å². The topological polar surface area (TPSA) is 70.1 Å². The van der Waals surface area contributed by atoms with Gasteiger partial charge in [-0.05, 0) is 26.2 Å². The lowest BCUT2D eigenvalue weighted by Crippen LogP contribution is -2.19. The van der Waals surface area contributed by atoms with Gasteiger partial charge in [0.25, 0.3) is 0 Å². The van der Waals surface area contributed by atoms with Crippen LogP contribution >= 0.6 is 0 Å². The van der Waals surface area contributed by atoms with Crippen LogP contribution in [-0.4, -0.2) is 22.4 Å². The second-order valence-corrected chi connectivity index (χ2v) is 5.05. The lowest BCUT2D eigenvalue weighted by molar-refractivity contribution is -0.145. The maximum Gasteiger partial charge on any atom is 0.327 e. The van der Waals surface area contributed by atoms with Gasteiger partial charge in [-0.2, -0.15) is 5.10 Å². The van der Waals surface area contributed by atoms with Gasteiger partial charge in [-0.15, -0.1) is 0 Å². The van der Waals surface area contributed by atoms with Crippen molar-refractivity contribution in [3.05, 3.63) is 11.4 Å². The third kappa shape index (κ3) is 2.83. The van der Waals surface area contributed by atoms with E-state index in [9.17, 15) is 4.79 Å². The molecule has 100 valence electrons. The van der Waals surface area contributed by atoms with Crippen molar-refractivity contribution < 1.29 is 9.53 Å². The van der Waals surface area contributed by atoms with E-state index in [0.717, 1.165) is 23.7 Å². The van der Waals surface area contributed by atoms with Crippen LogP contribution in [0.4, 0.5) is 5.69 Å².